The number of amides is 2. The number of unbranched alkanes of at least 4 members (excludes halogenated alkanes) is 2. The summed E-state index contributed by atoms with van der Waals surface area (Å²) in [6.07, 6.45) is 7.74. The molecule has 1 aromatic rings. The van der Waals surface area contributed by atoms with E-state index in [0.29, 0.717) is 0 Å². The number of nitroso groups, excluding NO2 is 1. The van der Waals surface area contributed by atoms with Crippen molar-refractivity contribution in [3.8, 4) is 0 Å². The zero-order valence-electron chi connectivity index (χ0n) is 16.1. The van der Waals surface area contributed by atoms with Gasteiger partial charge in [0.05, 0.1) is 5.70 Å². The molecule has 0 aliphatic carbocycles. The normalized spacial score (nSPS) is 23.3. The molecule has 0 spiro atoms. The zero-order valence-corrected chi connectivity index (χ0v) is 16.1. The van der Waals surface area contributed by atoms with Gasteiger partial charge >= 0.3 is 6.03 Å². The number of nitrogens with zero attached hydrogens (tertiary/aromatic N) is 2. The lowest BCUT2D eigenvalue weighted by Gasteiger charge is -2.42. The van der Waals surface area contributed by atoms with Crippen molar-refractivity contribution in [3.05, 3.63) is 45.9 Å². The van der Waals surface area contributed by atoms with E-state index in [1.54, 1.807) is 4.90 Å². The summed E-state index contributed by atoms with van der Waals surface area (Å²) in [5, 5.41) is 2.72. The minimum atomic E-state index is -0.697. The van der Waals surface area contributed by atoms with Crippen molar-refractivity contribution in [2.45, 2.75) is 72.8 Å². The summed E-state index contributed by atoms with van der Waals surface area (Å²) in [6, 6.07) is 5.38. The Morgan fingerprint density at radius 3 is 2.48 bits per heavy atom. The van der Waals surface area contributed by atoms with Crippen molar-refractivity contribution in [1.29, 1.82) is 0 Å². The summed E-state index contributed by atoms with van der Waals surface area (Å²) in [7, 11) is 0. The molecule has 1 heterocycles. The Labute approximate surface area is 151 Å². The van der Waals surface area contributed by atoms with Crippen LogP contribution in [-0.4, -0.2) is 17.0 Å². The molecule has 0 aromatic heterocycles. The standard InChI is InChI=1S/C21H30N2O2/c1-6-7-8-12-21(5)13-17(4)23(20(24)22-25)18(14-21)19-15(2)10-9-11-16(19)3/h9-11,14,17H,6-8,12-13H2,1-5H3. The van der Waals surface area contributed by atoms with Gasteiger partial charge in [-0.15, -0.1) is 4.91 Å². The summed E-state index contributed by atoms with van der Waals surface area (Å²) in [4.78, 5) is 24.8. The first-order valence-electron chi connectivity index (χ1n) is 9.29. The molecule has 0 radical (unpaired) electrons. The number of aryl methyl sites for hydroxylation is 2. The quantitative estimate of drug-likeness (QED) is 0.471. The van der Waals surface area contributed by atoms with Gasteiger partial charge in [0.15, 0.2) is 0 Å². The minimum Gasteiger partial charge on any atom is -0.287 e. The fraction of sp³-hybridized carbons (Fsp3) is 0.571. The van der Waals surface area contributed by atoms with Crippen LogP contribution in [0.4, 0.5) is 4.79 Å². The van der Waals surface area contributed by atoms with Gasteiger partial charge in [-0.1, -0.05) is 57.4 Å². The van der Waals surface area contributed by atoms with E-state index in [1.165, 1.54) is 19.3 Å². The molecule has 4 nitrogen and oxygen atoms in total. The molecular weight excluding hydrogens is 312 g/mol. The Morgan fingerprint density at radius 2 is 1.92 bits per heavy atom. The van der Waals surface area contributed by atoms with Crippen LogP contribution in [0.2, 0.25) is 0 Å². The second-order valence-electron chi connectivity index (χ2n) is 7.70. The molecule has 0 saturated heterocycles. The molecule has 1 aromatic carbocycles. The summed E-state index contributed by atoms with van der Waals surface area (Å²) in [6.45, 7) is 10.6. The van der Waals surface area contributed by atoms with E-state index in [1.807, 2.05) is 39.0 Å². The fourth-order valence-electron chi connectivity index (χ4n) is 4.16. The average molecular weight is 342 g/mol. The minimum absolute atomic E-state index is 0.0261. The SMILES string of the molecule is CCCCCC1(C)C=C(c2c(C)cccc2C)N(C(=O)N=O)C(C)C1. The van der Waals surface area contributed by atoms with Gasteiger partial charge in [-0.25, -0.2) is 4.79 Å². The van der Waals surface area contributed by atoms with Crippen LogP contribution in [0.25, 0.3) is 5.70 Å². The van der Waals surface area contributed by atoms with Crippen LogP contribution in [0.5, 0.6) is 0 Å². The molecule has 2 rings (SSSR count). The number of hydrogen-bond donors (Lipinski definition) is 0. The molecule has 2 unspecified atom stereocenters. The fourth-order valence-corrected chi connectivity index (χ4v) is 4.16. The van der Waals surface area contributed by atoms with Crippen LogP contribution in [0.3, 0.4) is 0 Å². The van der Waals surface area contributed by atoms with Crippen LogP contribution in [0.15, 0.2) is 29.5 Å². The number of allylic oxidation sites excluding steroid dienone is 1. The van der Waals surface area contributed by atoms with Gasteiger partial charge in [-0.05, 0) is 50.2 Å². The molecule has 136 valence electrons. The van der Waals surface area contributed by atoms with Gasteiger partial charge < -0.3 is 0 Å². The van der Waals surface area contributed by atoms with Crippen molar-refractivity contribution in [1.82, 2.24) is 4.90 Å². The Morgan fingerprint density at radius 1 is 1.28 bits per heavy atom. The highest BCUT2D eigenvalue weighted by Gasteiger charge is 2.38. The molecular formula is C21H30N2O2. The third-order valence-electron chi connectivity index (χ3n) is 5.32. The number of rotatable bonds is 5. The van der Waals surface area contributed by atoms with E-state index in [-0.39, 0.29) is 11.5 Å². The zero-order chi connectivity index (χ0) is 18.6. The summed E-state index contributed by atoms with van der Waals surface area (Å²) in [5.74, 6) is 0. The molecule has 0 fully saturated rings. The summed E-state index contributed by atoms with van der Waals surface area (Å²) >= 11 is 0. The van der Waals surface area contributed by atoms with Gasteiger partial charge in [0, 0.05) is 16.8 Å². The molecule has 25 heavy (non-hydrogen) atoms. The van der Waals surface area contributed by atoms with Crippen LogP contribution in [0, 0.1) is 24.2 Å². The van der Waals surface area contributed by atoms with E-state index in [2.05, 4.69) is 25.1 Å². The van der Waals surface area contributed by atoms with Crippen molar-refractivity contribution in [2.24, 2.45) is 10.6 Å². The maximum atomic E-state index is 12.3. The highest BCUT2D eigenvalue weighted by molar-refractivity contribution is 5.88. The summed E-state index contributed by atoms with van der Waals surface area (Å²) in [5.41, 5.74) is 4.14. The lowest BCUT2D eigenvalue weighted by Crippen LogP contribution is -2.42. The number of benzene rings is 1. The number of urea groups is 1. The summed E-state index contributed by atoms with van der Waals surface area (Å²) < 4.78 is 0. The van der Waals surface area contributed by atoms with Crippen LogP contribution in [-0.2, 0) is 0 Å². The van der Waals surface area contributed by atoms with E-state index >= 15 is 0 Å². The number of hydrogen-bond acceptors (Lipinski definition) is 2. The Kier molecular flexibility index (Phi) is 6.15. The third-order valence-corrected chi connectivity index (χ3v) is 5.32. The Bertz CT molecular complexity index is 660. The molecule has 0 saturated carbocycles. The number of carbonyl (C=O) groups is 1. The topological polar surface area (TPSA) is 49.7 Å². The largest absolute Gasteiger partial charge is 0.385 e. The molecule has 0 N–H and O–H groups in total. The monoisotopic (exact) mass is 342 g/mol. The van der Waals surface area contributed by atoms with Gasteiger partial charge in [-0.3, -0.25) is 4.90 Å². The third kappa shape index (κ3) is 4.17. The first-order chi connectivity index (χ1) is 11.8. The smallest absolute Gasteiger partial charge is 0.287 e. The lowest BCUT2D eigenvalue weighted by atomic mass is 9.74. The van der Waals surface area contributed by atoms with Gasteiger partial charge in [-0.2, -0.15) is 0 Å². The Balaban J connectivity index is 2.55. The van der Waals surface area contributed by atoms with Gasteiger partial charge in [0.2, 0.25) is 0 Å². The lowest BCUT2D eigenvalue weighted by molar-refractivity contribution is 0.186. The predicted octanol–water partition coefficient (Wildman–Crippen LogP) is 6.21. The van der Waals surface area contributed by atoms with Crippen LogP contribution in [0.1, 0.15) is 69.6 Å². The van der Waals surface area contributed by atoms with Crippen molar-refractivity contribution in [2.75, 3.05) is 0 Å². The maximum Gasteiger partial charge on any atom is 0.385 e. The van der Waals surface area contributed by atoms with Gasteiger partial charge in [0.25, 0.3) is 0 Å². The van der Waals surface area contributed by atoms with Gasteiger partial charge in [0.1, 0.15) is 0 Å². The molecule has 2 amide bonds. The van der Waals surface area contributed by atoms with E-state index in [9.17, 15) is 9.70 Å². The highest BCUT2D eigenvalue weighted by atomic mass is 16.3. The van der Waals surface area contributed by atoms with Crippen molar-refractivity contribution < 1.29 is 4.79 Å². The van der Waals surface area contributed by atoms with E-state index in [0.717, 1.165) is 35.2 Å². The molecule has 1 aliphatic rings. The van der Waals surface area contributed by atoms with E-state index in [4.69, 9.17) is 0 Å². The first kappa shape index (κ1) is 19.4. The second-order valence-corrected chi connectivity index (χ2v) is 7.70. The Hall–Kier alpha value is -1.97. The molecule has 1 aliphatic heterocycles. The van der Waals surface area contributed by atoms with Crippen LogP contribution >= 0.6 is 0 Å². The predicted molar refractivity (Wildman–Crippen MR) is 103 cm³/mol. The van der Waals surface area contributed by atoms with Crippen molar-refractivity contribution >= 4 is 11.7 Å². The maximum absolute atomic E-state index is 12.3. The first-order valence-corrected chi connectivity index (χ1v) is 9.29. The molecule has 4 heteroatoms. The van der Waals surface area contributed by atoms with Crippen molar-refractivity contribution in [3.63, 3.8) is 0 Å². The number of carbonyl (C=O) groups excluding carboxylic acids is 1. The average Bonchev–Trinajstić information content (AvgIpc) is 2.54. The molecule has 2 atom stereocenters. The van der Waals surface area contributed by atoms with Crippen LogP contribution < -0.4 is 0 Å². The molecule has 0 bridgehead atoms. The van der Waals surface area contributed by atoms with E-state index < -0.39 is 6.03 Å². The second kappa shape index (κ2) is 7.94. The highest BCUT2D eigenvalue weighted by Crippen LogP contribution is 2.43.